The second-order valence-electron chi connectivity index (χ2n) is 4.70. The van der Waals surface area contributed by atoms with Crippen molar-refractivity contribution in [2.75, 3.05) is 11.9 Å². The molecule has 0 unspecified atom stereocenters. The molecule has 0 radical (unpaired) electrons. The Bertz CT molecular complexity index is 695. The Hall–Kier alpha value is -2.60. The minimum absolute atomic E-state index is 0.0454. The summed E-state index contributed by atoms with van der Waals surface area (Å²) in [6.45, 7) is 0.182. The quantitative estimate of drug-likeness (QED) is 0.787. The van der Waals surface area contributed by atoms with Crippen LogP contribution in [0.1, 0.15) is 5.56 Å². The Morgan fingerprint density at radius 3 is 2.52 bits per heavy atom. The van der Waals surface area contributed by atoms with Crippen LogP contribution in [0.25, 0.3) is 0 Å². The number of carbonyl (C=O) groups excluding carboxylic acids is 2. The van der Waals surface area contributed by atoms with E-state index in [0.717, 1.165) is 5.56 Å². The Labute approximate surface area is 137 Å². The Balaban J connectivity index is 1.73. The van der Waals surface area contributed by atoms with Gasteiger partial charge in [-0.15, -0.1) is 0 Å². The lowest BCUT2D eigenvalue weighted by molar-refractivity contribution is -0.118. The van der Waals surface area contributed by atoms with E-state index in [1.54, 1.807) is 0 Å². The number of amides is 3. The van der Waals surface area contributed by atoms with Gasteiger partial charge in [0.1, 0.15) is 5.82 Å². The third-order valence-electron chi connectivity index (χ3n) is 2.92. The molecule has 2 aromatic carbocycles. The summed E-state index contributed by atoms with van der Waals surface area (Å²) in [5.74, 6) is -1.06. The van der Waals surface area contributed by atoms with E-state index in [-0.39, 0.29) is 11.6 Å². The summed E-state index contributed by atoms with van der Waals surface area (Å²) in [7, 11) is 0. The fourth-order valence-corrected chi connectivity index (χ4v) is 1.96. The number of nitrogens with one attached hydrogen (secondary N) is 3. The number of benzene rings is 2. The summed E-state index contributed by atoms with van der Waals surface area (Å²) in [6, 6.07) is 12.7. The average molecular weight is 336 g/mol. The molecule has 0 bridgehead atoms. The molecule has 0 saturated carbocycles. The van der Waals surface area contributed by atoms with E-state index in [1.165, 1.54) is 18.2 Å². The maximum absolute atomic E-state index is 13.0. The van der Waals surface area contributed by atoms with Crippen molar-refractivity contribution in [2.24, 2.45) is 0 Å². The lowest BCUT2D eigenvalue weighted by atomic mass is 10.2. The molecule has 120 valence electrons. The summed E-state index contributed by atoms with van der Waals surface area (Å²) in [6.07, 6.45) is 0. The number of hydrogen-bond acceptors (Lipinski definition) is 3. The first-order chi connectivity index (χ1) is 11.0. The smallest absolute Gasteiger partial charge is 0.321 e. The second kappa shape index (κ2) is 8.14. The van der Waals surface area contributed by atoms with Crippen LogP contribution < -0.4 is 16.0 Å². The fraction of sp³-hybridized carbons (Fsp3) is 0.125. The van der Waals surface area contributed by atoms with E-state index >= 15 is 0 Å². The second-order valence-corrected chi connectivity index (χ2v) is 5.11. The van der Waals surface area contributed by atoms with E-state index in [4.69, 9.17) is 11.6 Å². The van der Waals surface area contributed by atoms with Gasteiger partial charge in [0.25, 0.3) is 0 Å². The van der Waals surface area contributed by atoms with E-state index in [2.05, 4.69) is 16.0 Å². The van der Waals surface area contributed by atoms with Crippen LogP contribution in [0.5, 0.6) is 0 Å². The van der Waals surface area contributed by atoms with Crippen LogP contribution >= 0.6 is 11.6 Å². The Kier molecular flexibility index (Phi) is 5.94. The molecule has 23 heavy (non-hydrogen) atoms. The molecule has 0 fully saturated rings. The minimum atomic E-state index is -0.585. The van der Waals surface area contributed by atoms with Gasteiger partial charge in [0.15, 0.2) is 0 Å². The van der Waals surface area contributed by atoms with Crippen LogP contribution in [-0.2, 0) is 11.3 Å². The lowest BCUT2D eigenvalue weighted by Gasteiger charge is -2.09. The van der Waals surface area contributed by atoms with Crippen molar-refractivity contribution in [2.45, 2.75) is 6.54 Å². The van der Waals surface area contributed by atoms with Crippen molar-refractivity contribution in [1.29, 1.82) is 0 Å². The van der Waals surface area contributed by atoms with Crippen LogP contribution in [0.3, 0.4) is 0 Å². The molecule has 2 aromatic rings. The standard InChI is InChI=1S/C16H15ClFN3O2/c17-13-8-12(6-7-14(13)18)19-10-15(22)21-16(23)20-9-11-4-2-1-3-5-11/h1-8,19H,9-10H2,(H2,20,21,22,23). The molecule has 3 amide bonds. The third-order valence-corrected chi connectivity index (χ3v) is 3.21. The summed E-state index contributed by atoms with van der Waals surface area (Å²) >= 11 is 5.63. The van der Waals surface area contributed by atoms with E-state index in [9.17, 15) is 14.0 Å². The van der Waals surface area contributed by atoms with Crippen molar-refractivity contribution in [1.82, 2.24) is 10.6 Å². The van der Waals surface area contributed by atoms with Crippen LogP contribution in [0.15, 0.2) is 48.5 Å². The first-order valence-electron chi connectivity index (χ1n) is 6.85. The van der Waals surface area contributed by atoms with Gasteiger partial charge in [-0.05, 0) is 23.8 Å². The minimum Gasteiger partial charge on any atom is -0.376 e. The van der Waals surface area contributed by atoms with Gasteiger partial charge in [-0.25, -0.2) is 9.18 Å². The number of imide groups is 1. The highest BCUT2D eigenvalue weighted by atomic mass is 35.5. The molecule has 7 heteroatoms. The molecular formula is C16H15ClFN3O2. The summed E-state index contributed by atoms with van der Waals surface area (Å²) in [5.41, 5.74) is 1.41. The van der Waals surface area contributed by atoms with Gasteiger partial charge in [-0.3, -0.25) is 10.1 Å². The molecule has 0 saturated heterocycles. The highest BCUT2D eigenvalue weighted by Crippen LogP contribution is 2.18. The van der Waals surface area contributed by atoms with Gasteiger partial charge in [0, 0.05) is 12.2 Å². The number of halogens is 2. The topological polar surface area (TPSA) is 70.2 Å². The van der Waals surface area contributed by atoms with Gasteiger partial charge < -0.3 is 10.6 Å². The molecule has 0 aromatic heterocycles. The highest BCUT2D eigenvalue weighted by molar-refractivity contribution is 6.31. The Morgan fingerprint density at radius 2 is 1.83 bits per heavy atom. The molecule has 0 aliphatic rings. The zero-order valence-corrected chi connectivity index (χ0v) is 12.9. The maximum Gasteiger partial charge on any atom is 0.321 e. The molecule has 0 aliphatic carbocycles. The molecule has 0 aliphatic heterocycles. The van der Waals surface area contributed by atoms with Crippen molar-refractivity contribution in [3.8, 4) is 0 Å². The number of hydrogen-bond donors (Lipinski definition) is 3. The van der Waals surface area contributed by atoms with Crippen LogP contribution in [-0.4, -0.2) is 18.5 Å². The van der Waals surface area contributed by atoms with Crippen molar-refractivity contribution >= 4 is 29.2 Å². The average Bonchev–Trinajstić information content (AvgIpc) is 2.55. The zero-order valence-electron chi connectivity index (χ0n) is 12.1. The number of anilines is 1. The predicted octanol–water partition coefficient (Wildman–Crippen LogP) is 2.92. The molecule has 0 spiro atoms. The molecule has 3 N–H and O–H groups in total. The van der Waals surface area contributed by atoms with Gasteiger partial charge in [0.05, 0.1) is 11.6 Å². The Morgan fingerprint density at radius 1 is 1.09 bits per heavy atom. The third kappa shape index (κ3) is 5.60. The maximum atomic E-state index is 13.0. The SMILES string of the molecule is O=C(CNc1ccc(F)c(Cl)c1)NC(=O)NCc1ccccc1. The molecular weight excluding hydrogens is 321 g/mol. The molecule has 2 rings (SSSR count). The number of rotatable bonds is 5. The van der Waals surface area contributed by atoms with Crippen molar-refractivity contribution in [3.63, 3.8) is 0 Å². The monoisotopic (exact) mass is 335 g/mol. The van der Waals surface area contributed by atoms with E-state index in [0.29, 0.717) is 12.2 Å². The summed E-state index contributed by atoms with van der Waals surface area (Å²) < 4.78 is 13.0. The largest absolute Gasteiger partial charge is 0.376 e. The fourth-order valence-electron chi connectivity index (χ4n) is 1.78. The van der Waals surface area contributed by atoms with Crippen molar-refractivity contribution < 1.29 is 14.0 Å². The van der Waals surface area contributed by atoms with Gasteiger partial charge in [0.2, 0.25) is 5.91 Å². The first kappa shape index (κ1) is 16.8. The first-order valence-corrected chi connectivity index (χ1v) is 7.23. The van der Waals surface area contributed by atoms with Crippen molar-refractivity contribution in [3.05, 3.63) is 64.9 Å². The van der Waals surface area contributed by atoms with Gasteiger partial charge >= 0.3 is 6.03 Å². The summed E-state index contributed by atoms with van der Waals surface area (Å²) in [5, 5.41) is 7.47. The molecule has 5 nitrogen and oxygen atoms in total. The zero-order chi connectivity index (χ0) is 16.7. The van der Waals surface area contributed by atoms with E-state index < -0.39 is 17.8 Å². The van der Waals surface area contributed by atoms with E-state index in [1.807, 2.05) is 30.3 Å². The predicted molar refractivity (Wildman–Crippen MR) is 86.7 cm³/mol. The van der Waals surface area contributed by atoms with Gasteiger partial charge in [-0.1, -0.05) is 41.9 Å². The molecule has 0 heterocycles. The number of urea groups is 1. The number of carbonyl (C=O) groups is 2. The van der Waals surface area contributed by atoms with Crippen LogP contribution in [0, 0.1) is 5.82 Å². The normalized spacial score (nSPS) is 10.0. The highest BCUT2D eigenvalue weighted by Gasteiger charge is 2.08. The summed E-state index contributed by atoms with van der Waals surface area (Å²) in [4.78, 5) is 23.2. The van der Waals surface area contributed by atoms with Crippen LogP contribution in [0.4, 0.5) is 14.9 Å². The van der Waals surface area contributed by atoms with Gasteiger partial charge in [-0.2, -0.15) is 0 Å². The van der Waals surface area contributed by atoms with Crippen LogP contribution in [0.2, 0.25) is 5.02 Å². The molecule has 0 atom stereocenters. The lowest BCUT2D eigenvalue weighted by Crippen LogP contribution is -2.41.